The lowest BCUT2D eigenvalue weighted by molar-refractivity contribution is -0.123. The number of hydrogen-bond donors (Lipinski definition) is 2. The van der Waals surface area contributed by atoms with Crippen molar-refractivity contribution in [3.8, 4) is 6.07 Å². The molecule has 1 aromatic carbocycles. The molecule has 2 N–H and O–H groups in total. The quantitative estimate of drug-likeness (QED) is 0.829. The van der Waals surface area contributed by atoms with E-state index in [1.807, 2.05) is 27.0 Å². The molecule has 1 rings (SSSR count). The number of rotatable bonds is 4. The maximum atomic E-state index is 12.0. The zero-order valence-electron chi connectivity index (χ0n) is 10.4. The maximum absolute atomic E-state index is 12.0. The minimum atomic E-state index is -0.470. The third-order valence-corrected chi connectivity index (χ3v) is 2.51. The maximum Gasteiger partial charge on any atom is 0.231 e. The van der Waals surface area contributed by atoms with E-state index in [0.29, 0.717) is 17.8 Å². The van der Waals surface area contributed by atoms with Crippen molar-refractivity contribution in [1.82, 2.24) is 5.32 Å². The zero-order valence-corrected chi connectivity index (χ0v) is 10.4. The van der Waals surface area contributed by atoms with E-state index in [0.717, 1.165) is 0 Å². The lowest BCUT2D eigenvalue weighted by atomic mass is 9.92. The summed E-state index contributed by atoms with van der Waals surface area (Å²) in [4.78, 5) is 12.0. The molecule has 0 aliphatic heterocycles. The van der Waals surface area contributed by atoms with Gasteiger partial charge in [0.2, 0.25) is 5.91 Å². The van der Waals surface area contributed by atoms with Crippen molar-refractivity contribution in [1.29, 1.82) is 5.26 Å². The van der Waals surface area contributed by atoms with Crippen LogP contribution in [0.25, 0.3) is 0 Å². The summed E-state index contributed by atoms with van der Waals surface area (Å²) in [5.74, 6) is -0.0449. The van der Waals surface area contributed by atoms with E-state index in [1.54, 1.807) is 24.3 Å². The van der Waals surface area contributed by atoms with Crippen LogP contribution >= 0.6 is 0 Å². The van der Waals surface area contributed by atoms with Crippen LogP contribution in [0, 0.1) is 16.7 Å². The molecule has 17 heavy (non-hydrogen) atoms. The molecule has 90 valence electrons. The van der Waals surface area contributed by atoms with Gasteiger partial charge in [-0.2, -0.15) is 5.26 Å². The van der Waals surface area contributed by atoms with Gasteiger partial charge >= 0.3 is 0 Å². The van der Waals surface area contributed by atoms with Crippen molar-refractivity contribution in [2.75, 3.05) is 18.9 Å². The summed E-state index contributed by atoms with van der Waals surface area (Å²) in [6, 6.07) is 8.85. The SMILES string of the molecule is CNCC(C)(C)C(=O)Nc1ccc(C#N)cc1. The van der Waals surface area contributed by atoms with E-state index in [9.17, 15) is 4.79 Å². The molecule has 0 unspecified atom stereocenters. The summed E-state index contributed by atoms with van der Waals surface area (Å²) in [5.41, 5.74) is 0.818. The Hall–Kier alpha value is -1.86. The summed E-state index contributed by atoms with van der Waals surface area (Å²) in [6.07, 6.45) is 0. The highest BCUT2D eigenvalue weighted by Gasteiger charge is 2.26. The summed E-state index contributed by atoms with van der Waals surface area (Å²) in [5, 5.41) is 14.5. The lowest BCUT2D eigenvalue weighted by Gasteiger charge is -2.23. The van der Waals surface area contributed by atoms with Crippen LogP contribution < -0.4 is 10.6 Å². The lowest BCUT2D eigenvalue weighted by Crippen LogP contribution is -2.38. The number of carbonyl (C=O) groups is 1. The number of benzene rings is 1. The van der Waals surface area contributed by atoms with Gasteiger partial charge in [-0.1, -0.05) is 0 Å². The number of nitrogens with zero attached hydrogens (tertiary/aromatic N) is 1. The first kappa shape index (κ1) is 13.2. The number of amides is 1. The monoisotopic (exact) mass is 231 g/mol. The third kappa shape index (κ3) is 3.58. The first-order valence-electron chi connectivity index (χ1n) is 5.46. The van der Waals surface area contributed by atoms with Crippen LogP contribution in [-0.2, 0) is 4.79 Å². The minimum absolute atomic E-state index is 0.0449. The number of hydrogen-bond acceptors (Lipinski definition) is 3. The van der Waals surface area contributed by atoms with Gasteiger partial charge in [0.05, 0.1) is 17.0 Å². The van der Waals surface area contributed by atoms with E-state index in [4.69, 9.17) is 5.26 Å². The fourth-order valence-corrected chi connectivity index (χ4v) is 1.45. The van der Waals surface area contributed by atoms with Gasteiger partial charge < -0.3 is 10.6 Å². The van der Waals surface area contributed by atoms with Crippen LogP contribution in [0.4, 0.5) is 5.69 Å². The molecule has 0 aliphatic carbocycles. The van der Waals surface area contributed by atoms with Crippen LogP contribution in [0.5, 0.6) is 0 Å². The Labute approximate surface area is 102 Å². The molecule has 0 aromatic heterocycles. The van der Waals surface area contributed by atoms with Gasteiger partial charge in [-0.05, 0) is 45.2 Å². The molecule has 0 spiro atoms. The Morgan fingerprint density at radius 2 is 1.94 bits per heavy atom. The number of nitrogens with one attached hydrogen (secondary N) is 2. The predicted octanol–water partition coefficient (Wildman–Crippen LogP) is 1.74. The van der Waals surface area contributed by atoms with E-state index >= 15 is 0 Å². The largest absolute Gasteiger partial charge is 0.326 e. The molecule has 0 bridgehead atoms. The summed E-state index contributed by atoms with van der Waals surface area (Å²) in [6.45, 7) is 4.36. The molecule has 0 radical (unpaired) electrons. The van der Waals surface area contributed by atoms with Crippen LogP contribution in [0.2, 0.25) is 0 Å². The fourth-order valence-electron chi connectivity index (χ4n) is 1.45. The van der Waals surface area contributed by atoms with E-state index in [2.05, 4.69) is 10.6 Å². The molecule has 0 aliphatic rings. The fraction of sp³-hybridized carbons (Fsp3) is 0.385. The van der Waals surface area contributed by atoms with E-state index in [-0.39, 0.29) is 5.91 Å². The Bertz CT molecular complexity index is 429. The molecule has 0 saturated heterocycles. The van der Waals surface area contributed by atoms with Gasteiger partial charge in [0.1, 0.15) is 0 Å². The Balaban J connectivity index is 2.71. The number of anilines is 1. The number of carbonyl (C=O) groups excluding carboxylic acids is 1. The molecule has 0 atom stereocenters. The third-order valence-electron chi connectivity index (χ3n) is 2.51. The second-order valence-corrected chi connectivity index (χ2v) is 4.56. The molecule has 4 heteroatoms. The highest BCUT2D eigenvalue weighted by Crippen LogP contribution is 2.17. The van der Waals surface area contributed by atoms with Crippen molar-refractivity contribution in [2.24, 2.45) is 5.41 Å². The summed E-state index contributed by atoms with van der Waals surface area (Å²) in [7, 11) is 1.82. The van der Waals surface area contributed by atoms with Crippen LogP contribution in [-0.4, -0.2) is 19.5 Å². The first-order valence-corrected chi connectivity index (χ1v) is 5.46. The Kier molecular flexibility index (Phi) is 4.24. The molecule has 1 amide bonds. The molecular formula is C13H17N3O. The molecule has 1 aromatic rings. The standard InChI is InChI=1S/C13H17N3O/c1-13(2,9-15-3)12(17)16-11-6-4-10(8-14)5-7-11/h4-7,15H,9H2,1-3H3,(H,16,17). The Morgan fingerprint density at radius 1 is 1.35 bits per heavy atom. The van der Waals surface area contributed by atoms with Crippen molar-refractivity contribution in [3.05, 3.63) is 29.8 Å². The highest BCUT2D eigenvalue weighted by molar-refractivity contribution is 5.95. The second-order valence-electron chi connectivity index (χ2n) is 4.56. The second kappa shape index (κ2) is 5.46. The van der Waals surface area contributed by atoms with Crippen molar-refractivity contribution >= 4 is 11.6 Å². The smallest absolute Gasteiger partial charge is 0.231 e. The highest BCUT2D eigenvalue weighted by atomic mass is 16.2. The number of nitriles is 1. The predicted molar refractivity (Wildman–Crippen MR) is 67.5 cm³/mol. The van der Waals surface area contributed by atoms with Crippen molar-refractivity contribution < 1.29 is 4.79 Å². The topological polar surface area (TPSA) is 64.9 Å². The molecule has 0 saturated carbocycles. The average Bonchev–Trinajstić information content (AvgIpc) is 2.30. The van der Waals surface area contributed by atoms with Gasteiger partial charge in [-0.25, -0.2) is 0 Å². The van der Waals surface area contributed by atoms with Gasteiger partial charge in [0.15, 0.2) is 0 Å². The van der Waals surface area contributed by atoms with E-state index < -0.39 is 5.41 Å². The molecular weight excluding hydrogens is 214 g/mol. The minimum Gasteiger partial charge on any atom is -0.326 e. The first-order chi connectivity index (χ1) is 7.99. The van der Waals surface area contributed by atoms with E-state index in [1.165, 1.54) is 0 Å². The Morgan fingerprint density at radius 3 is 2.41 bits per heavy atom. The van der Waals surface area contributed by atoms with Gasteiger partial charge in [-0.3, -0.25) is 4.79 Å². The van der Waals surface area contributed by atoms with Crippen LogP contribution in [0.3, 0.4) is 0 Å². The summed E-state index contributed by atoms with van der Waals surface area (Å²) >= 11 is 0. The summed E-state index contributed by atoms with van der Waals surface area (Å²) < 4.78 is 0. The zero-order chi connectivity index (χ0) is 12.9. The van der Waals surface area contributed by atoms with Crippen molar-refractivity contribution in [3.63, 3.8) is 0 Å². The molecule has 0 fully saturated rings. The molecule has 4 nitrogen and oxygen atoms in total. The average molecular weight is 231 g/mol. The van der Waals surface area contributed by atoms with Crippen LogP contribution in [0.15, 0.2) is 24.3 Å². The van der Waals surface area contributed by atoms with Crippen LogP contribution in [0.1, 0.15) is 19.4 Å². The van der Waals surface area contributed by atoms with Gasteiger partial charge in [0.25, 0.3) is 0 Å². The normalized spacial score (nSPS) is 10.7. The van der Waals surface area contributed by atoms with Gasteiger partial charge in [-0.15, -0.1) is 0 Å². The van der Waals surface area contributed by atoms with Gasteiger partial charge in [0, 0.05) is 12.2 Å². The molecule has 0 heterocycles. The van der Waals surface area contributed by atoms with Crippen molar-refractivity contribution in [2.45, 2.75) is 13.8 Å².